The highest BCUT2D eigenvalue weighted by molar-refractivity contribution is 9.10. The van der Waals surface area contributed by atoms with Gasteiger partial charge in [0.05, 0.1) is 0 Å². The summed E-state index contributed by atoms with van der Waals surface area (Å²) in [5.74, 6) is 0.476. The summed E-state index contributed by atoms with van der Waals surface area (Å²) in [6.45, 7) is 1.96. The first-order valence-corrected chi connectivity index (χ1v) is 5.32. The molecule has 0 fully saturated rings. The Morgan fingerprint density at radius 3 is 2.69 bits per heavy atom. The second-order valence-electron chi connectivity index (χ2n) is 2.88. The van der Waals surface area contributed by atoms with Crippen LogP contribution < -0.4 is 0 Å². The minimum absolute atomic E-state index is 0.0967. The Morgan fingerprint density at radius 2 is 2.15 bits per heavy atom. The summed E-state index contributed by atoms with van der Waals surface area (Å²) in [6, 6.07) is 5.67. The Bertz CT molecular complexity index is 302. The third-order valence-corrected chi connectivity index (χ3v) is 2.33. The minimum atomic E-state index is 0.0967. The molecule has 70 valence electrons. The van der Waals surface area contributed by atoms with E-state index in [4.69, 9.17) is 11.6 Å². The number of rotatable bonds is 3. The minimum Gasteiger partial charge on any atom is -0.294 e. The lowest BCUT2D eigenvalue weighted by molar-refractivity contribution is 0.0989. The van der Waals surface area contributed by atoms with Crippen molar-refractivity contribution in [1.29, 1.82) is 0 Å². The normalized spacial score (nSPS) is 10.1. The standard InChI is InChI=1S/C10H10BrClO/c1-7-4-8(6-9(11)5-7)10(13)2-3-12/h4-6H,2-3H2,1H3. The van der Waals surface area contributed by atoms with Crippen molar-refractivity contribution >= 4 is 33.3 Å². The number of carbonyl (C=O) groups is 1. The van der Waals surface area contributed by atoms with Crippen molar-refractivity contribution in [2.45, 2.75) is 13.3 Å². The predicted octanol–water partition coefficient (Wildman–Crippen LogP) is 3.57. The highest BCUT2D eigenvalue weighted by atomic mass is 79.9. The maximum atomic E-state index is 11.4. The molecule has 1 rings (SSSR count). The van der Waals surface area contributed by atoms with Crippen LogP contribution in [0.4, 0.5) is 0 Å². The Balaban J connectivity index is 2.94. The van der Waals surface area contributed by atoms with E-state index in [0.717, 1.165) is 15.6 Å². The lowest BCUT2D eigenvalue weighted by atomic mass is 10.1. The molecule has 0 radical (unpaired) electrons. The van der Waals surface area contributed by atoms with E-state index in [1.54, 1.807) is 0 Å². The fraction of sp³-hybridized carbons (Fsp3) is 0.300. The summed E-state index contributed by atoms with van der Waals surface area (Å²) in [4.78, 5) is 11.4. The first kappa shape index (κ1) is 10.7. The maximum Gasteiger partial charge on any atom is 0.164 e. The van der Waals surface area contributed by atoms with Gasteiger partial charge in [0, 0.05) is 22.3 Å². The number of halogens is 2. The summed E-state index contributed by atoms with van der Waals surface area (Å²) >= 11 is 8.84. The van der Waals surface area contributed by atoms with Gasteiger partial charge in [-0.1, -0.05) is 15.9 Å². The summed E-state index contributed by atoms with van der Waals surface area (Å²) < 4.78 is 0.936. The maximum absolute atomic E-state index is 11.4. The van der Waals surface area contributed by atoms with Gasteiger partial charge in [0.2, 0.25) is 0 Å². The molecular weight excluding hydrogens is 251 g/mol. The molecule has 1 aromatic rings. The highest BCUT2D eigenvalue weighted by Gasteiger charge is 2.05. The predicted molar refractivity (Wildman–Crippen MR) is 58.5 cm³/mol. The number of benzene rings is 1. The fourth-order valence-electron chi connectivity index (χ4n) is 1.13. The highest BCUT2D eigenvalue weighted by Crippen LogP contribution is 2.16. The second-order valence-corrected chi connectivity index (χ2v) is 4.17. The third-order valence-electron chi connectivity index (χ3n) is 1.69. The van der Waals surface area contributed by atoms with Crippen LogP contribution in [0.25, 0.3) is 0 Å². The fourth-order valence-corrected chi connectivity index (χ4v) is 1.91. The zero-order chi connectivity index (χ0) is 9.84. The topological polar surface area (TPSA) is 17.1 Å². The van der Waals surface area contributed by atoms with E-state index < -0.39 is 0 Å². The number of alkyl halides is 1. The lowest BCUT2D eigenvalue weighted by Crippen LogP contribution is -1.99. The van der Waals surface area contributed by atoms with Crippen LogP contribution in [-0.4, -0.2) is 11.7 Å². The van der Waals surface area contributed by atoms with E-state index in [9.17, 15) is 4.79 Å². The summed E-state index contributed by atoms with van der Waals surface area (Å²) in [6.07, 6.45) is 0.400. The van der Waals surface area contributed by atoms with E-state index in [2.05, 4.69) is 15.9 Å². The van der Waals surface area contributed by atoms with Crippen LogP contribution in [-0.2, 0) is 0 Å². The van der Waals surface area contributed by atoms with E-state index >= 15 is 0 Å². The molecule has 0 aromatic heterocycles. The molecule has 0 unspecified atom stereocenters. The molecule has 1 nitrogen and oxygen atoms in total. The molecule has 13 heavy (non-hydrogen) atoms. The summed E-state index contributed by atoms with van der Waals surface area (Å²) in [7, 11) is 0. The average Bonchev–Trinajstić information content (AvgIpc) is 2.03. The molecule has 0 saturated heterocycles. The zero-order valence-electron chi connectivity index (χ0n) is 7.31. The number of hydrogen-bond acceptors (Lipinski definition) is 1. The van der Waals surface area contributed by atoms with Crippen molar-refractivity contribution in [2.75, 3.05) is 5.88 Å². The quantitative estimate of drug-likeness (QED) is 0.600. The van der Waals surface area contributed by atoms with Crippen molar-refractivity contribution < 1.29 is 4.79 Å². The Hall–Kier alpha value is -0.340. The van der Waals surface area contributed by atoms with E-state index in [1.807, 2.05) is 25.1 Å². The number of Topliss-reactive ketones (excluding diaryl/α,β-unsaturated/α-hetero) is 1. The van der Waals surface area contributed by atoms with Crippen LogP contribution in [0.5, 0.6) is 0 Å². The van der Waals surface area contributed by atoms with Crippen LogP contribution >= 0.6 is 27.5 Å². The lowest BCUT2D eigenvalue weighted by Gasteiger charge is -2.01. The molecule has 0 spiro atoms. The monoisotopic (exact) mass is 260 g/mol. The van der Waals surface area contributed by atoms with Gasteiger partial charge in [-0.05, 0) is 30.7 Å². The SMILES string of the molecule is Cc1cc(Br)cc(C(=O)CCCl)c1. The number of aryl methyl sites for hydroxylation is 1. The first-order chi connectivity index (χ1) is 6.13. The van der Waals surface area contributed by atoms with Gasteiger partial charge < -0.3 is 0 Å². The number of ketones is 1. The van der Waals surface area contributed by atoms with Crippen LogP contribution in [0, 0.1) is 6.92 Å². The van der Waals surface area contributed by atoms with Crippen LogP contribution in [0.2, 0.25) is 0 Å². The number of hydrogen-bond donors (Lipinski definition) is 0. The van der Waals surface area contributed by atoms with Crippen LogP contribution in [0.1, 0.15) is 22.3 Å². The van der Waals surface area contributed by atoms with Crippen molar-refractivity contribution in [3.8, 4) is 0 Å². The second kappa shape index (κ2) is 4.77. The van der Waals surface area contributed by atoms with Gasteiger partial charge in [0.15, 0.2) is 5.78 Å². The van der Waals surface area contributed by atoms with E-state index in [1.165, 1.54) is 0 Å². The molecule has 0 amide bonds. The van der Waals surface area contributed by atoms with Gasteiger partial charge in [-0.3, -0.25) is 4.79 Å². The summed E-state index contributed by atoms with van der Waals surface area (Å²) in [5.41, 5.74) is 1.81. The van der Waals surface area contributed by atoms with Crippen molar-refractivity contribution in [2.24, 2.45) is 0 Å². The zero-order valence-corrected chi connectivity index (χ0v) is 9.65. The van der Waals surface area contributed by atoms with Gasteiger partial charge in [0.25, 0.3) is 0 Å². The van der Waals surface area contributed by atoms with Gasteiger partial charge >= 0.3 is 0 Å². The largest absolute Gasteiger partial charge is 0.294 e. The molecule has 0 atom stereocenters. The molecule has 0 aliphatic rings. The van der Waals surface area contributed by atoms with Crippen molar-refractivity contribution in [3.05, 3.63) is 33.8 Å². The molecule has 0 saturated carbocycles. The first-order valence-electron chi connectivity index (χ1n) is 4.00. The van der Waals surface area contributed by atoms with Crippen LogP contribution in [0.15, 0.2) is 22.7 Å². The number of carbonyl (C=O) groups excluding carboxylic acids is 1. The molecule has 0 aliphatic heterocycles. The van der Waals surface area contributed by atoms with E-state index in [-0.39, 0.29) is 5.78 Å². The third kappa shape index (κ3) is 3.12. The van der Waals surface area contributed by atoms with Gasteiger partial charge in [-0.25, -0.2) is 0 Å². The Labute approximate surface area is 91.2 Å². The Kier molecular flexibility index (Phi) is 3.94. The van der Waals surface area contributed by atoms with Crippen LogP contribution in [0.3, 0.4) is 0 Å². The average molecular weight is 262 g/mol. The molecule has 0 N–H and O–H groups in total. The molecule has 1 aromatic carbocycles. The van der Waals surface area contributed by atoms with Gasteiger partial charge in [-0.15, -0.1) is 11.6 Å². The van der Waals surface area contributed by atoms with E-state index in [0.29, 0.717) is 12.3 Å². The molecule has 0 aliphatic carbocycles. The molecule has 0 bridgehead atoms. The molecule has 0 heterocycles. The van der Waals surface area contributed by atoms with Crippen molar-refractivity contribution in [1.82, 2.24) is 0 Å². The Morgan fingerprint density at radius 1 is 1.46 bits per heavy atom. The van der Waals surface area contributed by atoms with Crippen molar-refractivity contribution in [3.63, 3.8) is 0 Å². The molecular formula is C10H10BrClO. The van der Waals surface area contributed by atoms with Gasteiger partial charge in [0.1, 0.15) is 0 Å². The molecule has 3 heteroatoms. The van der Waals surface area contributed by atoms with Gasteiger partial charge in [-0.2, -0.15) is 0 Å². The smallest absolute Gasteiger partial charge is 0.164 e. The summed E-state index contributed by atoms with van der Waals surface area (Å²) in [5, 5.41) is 0.